The van der Waals surface area contributed by atoms with Crippen LogP contribution in [0.2, 0.25) is 5.02 Å². The highest BCUT2D eigenvalue weighted by Gasteiger charge is 2.14. The van der Waals surface area contributed by atoms with Crippen molar-refractivity contribution >= 4 is 44.9 Å². The molecule has 0 amide bonds. The highest BCUT2D eigenvalue weighted by Crippen LogP contribution is 2.35. The Morgan fingerprint density at radius 2 is 1.66 bits per heavy atom. The molecule has 6 nitrogen and oxygen atoms in total. The quantitative estimate of drug-likeness (QED) is 0.189. The normalized spacial score (nSPS) is 10.9. The van der Waals surface area contributed by atoms with Crippen molar-refractivity contribution in [3.05, 3.63) is 105 Å². The predicted molar refractivity (Wildman–Crippen MR) is 137 cm³/mol. The molecule has 174 valence electrons. The third kappa shape index (κ3) is 5.06. The fourth-order valence-electron chi connectivity index (χ4n) is 3.64. The molecule has 5 rings (SSSR count). The van der Waals surface area contributed by atoms with Gasteiger partial charge in [-0.1, -0.05) is 66.2 Å². The van der Waals surface area contributed by atoms with Gasteiger partial charge in [-0.15, -0.1) is 0 Å². The van der Waals surface area contributed by atoms with E-state index in [4.69, 9.17) is 25.7 Å². The van der Waals surface area contributed by atoms with Crippen molar-refractivity contribution in [2.75, 3.05) is 0 Å². The summed E-state index contributed by atoms with van der Waals surface area (Å²) in [6.07, 6.45) is 0.704. The number of ether oxygens (including phenoxy) is 2. The largest absolute Gasteiger partial charge is 0.488 e. The monoisotopic (exact) mass is 548 g/mol. The SMILES string of the molecule is O=Cc1cc(Cl)c(OCc2cccc(-c3ccccc3)c2Br)cc1OCc1ccc2nonc2c1. The average Bonchev–Trinajstić information content (AvgIpc) is 3.36. The zero-order chi connectivity index (χ0) is 24.2. The van der Waals surface area contributed by atoms with E-state index in [9.17, 15) is 4.79 Å². The Morgan fingerprint density at radius 1 is 0.857 bits per heavy atom. The Hall–Kier alpha value is -3.68. The van der Waals surface area contributed by atoms with Crippen molar-refractivity contribution in [3.63, 3.8) is 0 Å². The van der Waals surface area contributed by atoms with E-state index in [1.807, 2.05) is 48.5 Å². The zero-order valence-corrected chi connectivity index (χ0v) is 20.6. The van der Waals surface area contributed by atoms with E-state index in [2.05, 4.69) is 38.4 Å². The molecule has 0 bridgehead atoms. The number of aromatic nitrogens is 2. The standard InChI is InChI=1S/C27H18BrClN2O4/c28-27-19(7-4-8-21(27)18-5-2-1-3-6-18)16-34-26-13-25(20(14-32)12-22(26)29)33-15-17-9-10-23-24(11-17)31-35-30-23/h1-14H,15-16H2. The second-order valence-corrected chi connectivity index (χ2v) is 8.95. The third-order valence-corrected chi connectivity index (χ3v) is 6.68. The van der Waals surface area contributed by atoms with Crippen LogP contribution in [-0.2, 0) is 13.2 Å². The number of halogens is 2. The summed E-state index contributed by atoms with van der Waals surface area (Å²) in [5.41, 5.74) is 5.60. The number of rotatable bonds is 8. The molecular formula is C27H18BrClN2O4. The fraction of sp³-hybridized carbons (Fsp3) is 0.0741. The van der Waals surface area contributed by atoms with Crippen LogP contribution in [-0.4, -0.2) is 16.6 Å². The molecular weight excluding hydrogens is 532 g/mol. The van der Waals surface area contributed by atoms with Gasteiger partial charge in [-0.25, -0.2) is 4.63 Å². The Kier molecular flexibility index (Phi) is 6.79. The minimum Gasteiger partial charge on any atom is -0.488 e. The Balaban J connectivity index is 1.35. The lowest BCUT2D eigenvalue weighted by atomic mass is 10.0. The van der Waals surface area contributed by atoms with Crippen molar-refractivity contribution in [2.45, 2.75) is 13.2 Å². The molecule has 0 atom stereocenters. The topological polar surface area (TPSA) is 74.5 Å². The van der Waals surface area contributed by atoms with Crippen molar-refractivity contribution in [1.29, 1.82) is 0 Å². The van der Waals surface area contributed by atoms with Gasteiger partial charge in [0.15, 0.2) is 6.29 Å². The summed E-state index contributed by atoms with van der Waals surface area (Å²) >= 11 is 10.1. The summed E-state index contributed by atoms with van der Waals surface area (Å²) in [5.74, 6) is 0.787. The summed E-state index contributed by atoms with van der Waals surface area (Å²) < 4.78 is 17.7. The van der Waals surface area contributed by atoms with Crippen LogP contribution in [0.3, 0.4) is 0 Å². The molecule has 1 heterocycles. The van der Waals surface area contributed by atoms with Crippen LogP contribution in [0.25, 0.3) is 22.2 Å². The van der Waals surface area contributed by atoms with Crippen molar-refractivity contribution in [2.24, 2.45) is 0 Å². The van der Waals surface area contributed by atoms with Gasteiger partial charge in [0.25, 0.3) is 0 Å². The molecule has 0 fully saturated rings. The third-order valence-electron chi connectivity index (χ3n) is 5.45. The number of carbonyl (C=O) groups excluding carboxylic acids is 1. The number of benzene rings is 4. The van der Waals surface area contributed by atoms with Gasteiger partial charge in [-0.3, -0.25) is 4.79 Å². The minimum absolute atomic E-state index is 0.218. The molecule has 0 spiro atoms. The summed E-state index contributed by atoms with van der Waals surface area (Å²) in [7, 11) is 0. The molecule has 1 aromatic heterocycles. The second kappa shape index (κ2) is 10.3. The number of hydrogen-bond donors (Lipinski definition) is 0. The summed E-state index contributed by atoms with van der Waals surface area (Å²) in [5, 5.41) is 7.96. The van der Waals surface area contributed by atoms with E-state index in [0.717, 1.165) is 26.7 Å². The number of fused-ring (bicyclic) bond motifs is 1. The van der Waals surface area contributed by atoms with E-state index < -0.39 is 0 Å². The lowest BCUT2D eigenvalue weighted by Gasteiger charge is -2.15. The molecule has 0 N–H and O–H groups in total. The molecule has 0 aliphatic heterocycles. The number of carbonyl (C=O) groups is 1. The van der Waals surface area contributed by atoms with Gasteiger partial charge >= 0.3 is 0 Å². The first kappa shape index (κ1) is 23.1. The molecule has 0 aliphatic rings. The van der Waals surface area contributed by atoms with Crippen LogP contribution in [0.4, 0.5) is 0 Å². The second-order valence-electron chi connectivity index (χ2n) is 7.75. The van der Waals surface area contributed by atoms with Crippen molar-refractivity contribution in [3.8, 4) is 22.6 Å². The maximum Gasteiger partial charge on any atom is 0.153 e. The van der Waals surface area contributed by atoms with Gasteiger partial charge in [0.05, 0.1) is 10.6 Å². The first-order valence-corrected chi connectivity index (χ1v) is 11.9. The van der Waals surface area contributed by atoms with Gasteiger partial charge in [0.2, 0.25) is 0 Å². The first-order valence-electron chi connectivity index (χ1n) is 10.7. The van der Waals surface area contributed by atoms with Crippen LogP contribution in [0.15, 0.2) is 88.0 Å². The summed E-state index contributed by atoms with van der Waals surface area (Å²) in [6.45, 7) is 0.492. The van der Waals surface area contributed by atoms with Gasteiger partial charge in [0, 0.05) is 16.1 Å². The molecule has 5 aromatic rings. The lowest BCUT2D eigenvalue weighted by molar-refractivity contribution is 0.111. The Bertz CT molecular complexity index is 1500. The number of aldehydes is 1. The van der Waals surface area contributed by atoms with Gasteiger partial charge < -0.3 is 9.47 Å². The minimum atomic E-state index is 0.218. The lowest BCUT2D eigenvalue weighted by Crippen LogP contribution is -2.02. The van der Waals surface area contributed by atoms with Crippen LogP contribution in [0.1, 0.15) is 21.5 Å². The van der Waals surface area contributed by atoms with Crippen LogP contribution >= 0.6 is 27.5 Å². The maximum absolute atomic E-state index is 11.6. The summed E-state index contributed by atoms with van der Waals surface area (Å²) in [6, 6.07) is 24.8. The predicted octanol–water partition coefficient (Wildman–Crippen LogP) is 7.28. The van der Waals surface area contributed by atoms with Crippen molar-refractivity contribution in [1.82, 2.24) is 10.3 Å². The molecule has 0 unspecified atom stereocenters. The van der Waals surface area contributed by atoms with E-state index in [1.165, 1.54) is 0 Å². The van der Waals surface area contributed by atoms with E-state index in [1.54, 1.807) is 18.2 Å². The van der Waals surface area contributed by atoms with E-state index in [0.29, 0.717) is 39.4 Å². The molecule has 8 heteroatoms. The maximum atomic E-state index is 11.6. The molecule has 0 saturated carbocycles. The molecule has 0 radical (unpaired) electrons. The Morgan fingerprint density at radius 3 is 2.49 bits per heavy atom. The number of hydrogen-bond acceptors (Lipinski definition) is 6. The van der Waals surface area contributed by atoms with Gasteiger partial charge in [-0.2, -0.15) is 0 Å². The zero-order valence-electron chi connectivity index (χ0n) is 18.3. The average molecular weight is 550 g/mol. The van der Waals surface area contributed by atoms with Gasteiger partial charge in [0.1, 0.15) is 35.7 Å². The van der Waals surface area contributed by atoms with Gasteiger partial charge in [-0.05, 0) is 61.1 Å². The smallest absolute Gasteiger partial charge is 0.153 e. The molecule has 0 saturated heterocycles. The van der Waals surface area contributed by atoms with Crippen LogP contribution in [0.5, 0.6) is 11.5 Å². The summed E-state index contributed by atoms with van der Waals surface area (Å²) in [4.78, 5) is 11.6. The van der Waals surface area contributed by atoms with Crippen LogP contribution < -0.4 is 9.47 Å². The van der Waals surface area contributed by atoms with E-state index in [-0.39, 0.29) is 13.2 Å². The highest BCUT2D eigenvalue weighted by atomic mass is 79.9. The molecule has 35 heavy (non-hydrogen) atoms. The molecule has 4 aromatic carbocycles. The first-order chi connectivity index (χ1) is 17.1. The highest BCUT2D eigenvalue weighted by molar-refractivity contribution is 9.10. The fourth-order valence-corrected chi connectivity index (χ4v) is 4.48. The number of nitrogens with zero attached hydrogens (tertiary/aromatic N) is 2. The van der Waals surface area contributed by atoms with E-state index >= 15 is 0 Å². The Labute approximate surface area is 214 Å². The molecule has 0 aliphatic carbocycles. The van der Waals surface area contributed by atoms with Crippen molar-refractivity contribution < 1.29 is 18.9 Å². The van der Waals surface area contributed by atoms with Crippen LogP contribution in [0, 0.1) is 0 Å².